The summed E-state index contributed by atoms with van der Waals surface area (Å²) in [6, 6.07) is 6.06. The van der Waals surface area contributed by atoms with Crippen molar-refractivity contribution in [1.82, 2.24) is 14.5 Å². The Morgan fingerprint density at radius 1 is 1.32 bits per heavy atom. The molecule has 3 aromatic rings. The molecule has 4 rings (SSSR count). The molecule has 28 heavy (non-hydrogen) atoms. The molecule has 0 saturated carbocycles. The van der Waals surface area contributed by atoms with E-state index in [9.17, 15) is 0 Å². The molecule has 6 nitrogen and oxygen atoms in total. The molecule has 146 valence electrons. The van der Waals surface area contributed by atoms with Crippen molar-refractivity contribution in [3.05, 3.63) is 59.8 Å². The summed E-state index contributed by atoms with van der Waals surface area (Å²) in [6.45, 7) is 6.32. The van der Waals surface area contributed by atoms with E-state index in [2.05, 4.69) is 30.2 Å². The fraction of sp³-hybridized carbons (Fsp3) is 0.364. The van der Waals surface area contributed by atoms with E-state index in [0.29, 0.717) is 5.92 Å². The molecule has 0 amide bonds. The Morgan fingerprint density at radius 3 is 2.89 bits per heavy atom. The van der Waals surface area contributed by atoms with Gasteiger partial charge in [0.25, 0.3) is 0 Å². The van der Waals surface area contributed by atoms with Crippen LogP contribution in [-0.4, -0.2) is 21.6 Å². The second-order valence-electron chi connectivity index (χ2n) is 7.57. The van der Waals surface area contributed by atoms with Crippen LogP contribution in [0.15, 0.2) is 41.2 Å². The molecule has 2 aromatic heterocycles. The summed E-state index contributed by atoms with van der Waals surface area (Å²) in [6.07, 6.45) is 8.65. The van der Waals surface area contributed by atoms with Gasteiger partial charge in [0.15, 0.2) is 5.89 Å². The first-order chi connectivity index (χ1) is 13.5. The van der Waals surface area contributed by atoms with Crippen LogP contribution in [0.4, 0.5) is 5.69 Å². The van der Waals surface area contributed by atoms with Gasteiger partial charge in [0.2, 0.25) is 0 Å². The average molecular weight is 378 g/mol. The largest absolute Gasteiger partial charge is 0.494 e. The van der Waals surface area contributed by atoms with Crippen LogP contribution in [0.5, 0.6) is 5.75 Å². The summed E-state index contributed by atoms with van der Waals surface area (Å²) in [5.41, 5.74) is 4.79. The SMILES string of the molecule is COc1cc(NC2=CCCc3oc(CC(C)C)nc32)ccc1-n1cnc(C)c1. The van der Waals surface area contributed by atoms with Crippen molar-refractivity contribution in [2.75, 3.05) is 12.4 Å². The molecular formula is C22H26N4O2. The number of imidazole rings is 1. The number of hydrogen-bond donors (Lipinski definition) is 1. The zero-order chi connectivity index (χ0) is 19.7. The highest BCUT2D eigenvalue weighted by Gasteiger charge is 2.21. The summed E-state index contributed by atoms with van der Waals surface area (Å²) in [4.78, 5) is 9.03. The molecule has 0 aliphatic heterocycles. The second kappa shape index (κ2) is 7.54. The molecule has 0 atom stereocenters. The highest BCUT2D eigenvalue weighted by Crippen LogP contribution is 2.32. The molecule has 0 bridgehead atoms. The van der Waals surface area contributed by atoms with E-state index >= 15 is 0 Å². The third kappa shape index (κ3) is 3.67. The fourth-order valence-corrected chi connectivity index (χ4v) is 3.45. The average Bonchev–Trinajstić information content (AvgIpc) is 3.27. The lowest BCUT2D eigenvalue weighted by atomic mass is 10.1. The number of nitrogens with one attached hydrogen (secondary N) is 1. The van der Waals surface area contributed by atoms with Crippen LogP contribution < -0.4 is 10.1 Å². The Labute approximate surface area is 165 Å². The highest BCUT2D eigenvalue weighted by atomic mass is 16.5. The summed E-state index contributed by atoms with van der Waals surface area (Å²) in [5, 5.41) is 3.50. The summed E-state index contributed by atoms with van der Waals surface area (Å²) >= 11 is 0. The first-order valence-corrected chi connectivity index (χ1v) is 9.68. The van der Waals surface area contributed by atoms with Crippen LogP contribution in [0.2, 0.25) is 0 Å². The van der Waals surface area contributed by atoms with Crippen LogP contribution in [0.3, 0.4) is 0 Å². The Bertz CT molecular complexity index is 1010. The van der Waals surface area contributed by atoms with E-state index in [1.165, 1.54) is 0 Å². The number of aromatic nitrogens is 3. The van der Waals surface area contributed by atoms with E-state index in [4.69, 9.17) is 14.1 Å². The number of rotatable bonds is 6. The maximum atomic E-state index is 5.98. The van der Waals surface area contributed by atoms with E-state index in [-0.39, 0.29) is 0 Å². The minimum atomic E-state index is 0.518. The van der Waals surface area contributed by atoms with Crippen molar-refractivity contribution >= 4 is 11.4 Å². The normalized spacial score (nSPS) is 13.4. The number of aryl methyl sites for hydroxylation is 2. The minimum Gasteiger partial charge on any atom is -0.494 e. The Morgan fingerprint density at radius 2 is 2.18 bits per heavy atom. The Kier molecular flexibility index (Phi) is 4.94. The van der Waals surface area contributed by atoms with Gasteiger partial charge in [0.1, 0.15) is 17.2 Å². The van der Waals surface area contributed by atoms with Gasteiger partial charge in [-0.25, -0.2) is 9.97 Å². The molecule has 0 radical (unpaired) electrons. The van der Waals surface area contributed by atoms with Crippen molar-refractivity contribution in [3.8, 4) is 11.4 Å². The van der Waals surface area contributed by atoms with Gasteiger partial charge in [0, 0.05) is 30.8 Å². The predicted octanol–water partition coefficient (Wildman–Crippen LogP) is 4.78. The molecule has 0 fully saturated rings. The Hall–Kier alpha value is -3.02. The monoisotopic (exact) mass is 378 g/mol. The molecule has 0 spiro atoms. The number of nitrogens with zero attached hydrogens (tertiary/aromatic N) is 3. The highest BCUT2D eigenvalue weighted by molar-refractivity contribution is 5.78. The van der Waals surface area contributed by atoms with E-state index in [0.717, 1.165) is 65.1 Å². The molecule has 2 heterocycles. The number of ether oxygens (including phenoxy) is 1. The second-order valence-corrected chi connectivity index (χ2v) is 7.57. The molecule has 1 aliphatic carbocycles. The lowest BCUT2D eigenvalue weighted by Crippen LogP contribution is -2.06. The van der Waals surface area contributed by atoms with Crippen molar-refractivity contribution in [3.63, 3.8) is 0 Å². The molecule has 6 heteroatoms. The quantitative estimate of drug-likeness (QED) is 0.669. The first-order valence-electron chi connectivity index (χ1n) is 9.68. The van der Waals surface area contributed by atoms with Gasteiger partial charge < -0.3 is 19.0 Å². The number of methoxy groups -OCH3 is 1. The van der Waals surface area contributed by atoms with Crippen LogP contribution in [0.25, 0.3) is 11.4 Å². The van der Waals surface area contributed by atoms with Gasteiger partial charge in [-0.1, -0.05) is 19.9 Å². The third-order valence-corrected chi connectivity index (χ3v) is 4.75. The number of allylic oxidation sites excluding steroid dienone is 1. The fourth-order valence-electron chi connectivity index (χ4n) is 3.45. The van der Waals surface area contributed by atoms with Gasteiger partial charge in [-0.2, -0.15) is 0 Å². The maximum absolute atomic E-state index is 5.98. The number of hydrogen-bond acceptors (Lipinski definition) is 5. The number of oxazole rings is 1. The van der Waals surface area contributed by atoms with Crippen LogP contribution >= 0.6 is 0 Å². The van der Waals surface area contributed by atoms with Gasteiger partial charge in [-0.05, 0) is 31.4 Å². The molecule has 1 N–H and O–H groups in total. The van der Waals surface area contributed by atoms with Gasteiger partial charge >= 0.3 is 0 Å². The van der Waals surface area contributed by atoms with E-state index in [1.807, 2.05) is 35.9 Å². The van der Waals surface area contributed by atoms with Crippen LogP contribution in [0, 0.1) is 12.8 Å². The van der Waals surface area contributed by atoms with Crippen molar-refractivity contribution in [2.24, 2.45) is 5.92 Å². The summed E-state index contributed by atoms with van der Waals surface area (Å²) in [5.74, 6) is 3.08. The Balaban J connectivity index is 1.60. The lowest BCUT2D eigenvalue weighted by molar-refractivity contribution is 0.413. The first kappa shape index (κ1) is 18.3. The van der Waals surface area contributed by atoms with Crippen molar-refractivity contribution < 1.29 is 9.15 Å². The molecule has 1 aliphatic rings. The molecule has 1 aromatic carbocycles. The van der Waals surface area contributed by atoms with Gasteiger partial charge in [-0.3, -0.25) is 0 Å². The minimum absolute atomic E-state index is 0.518. The number of fused-ring (bicyclic) bond motifs is 1. The number of anilines is 1. The van der Waals surface area contributed by atoms with Gasteiger partial charge in [0.05, 0.1) is 30.5 Å². The smallest absolute Gasteiger partial charge is 0.195 e. The van der Waals surface area contributed by atoms with Crippen LogP contribution in [0.1, 0.15) is 43.3 Å². The van der Waals surface area contributed by atoms with Crippen LogP contribution in [-0.2, 0) is 12.8 Å². The zero-order valence-corrected chi connectivity index (χ0v) is 16.8. The molecular weight excluding hydrogens is 352 g/mol. The standard InChI is InChI=1S/C22H26N4O2/c1-14(2)10-21-25-22-17(6-5-7-19(22)28-21)24-16-8-9-18(20(11-16)27-4)26-12-15(3)23-13-26/h6,8-9,11-14,24H,5,7,10H2,1-4H3. The van der Waals surface area contributed by atoms with Crippen molar-refractivity contribution in [2.45, 2.75) is 40.0 Å². The molecule has 0 saturated heterocycles. The lowest BCUT2D eigenvalue weighted by Gasteiger charge is -2.16. The van der Waals surface area contributed by atoms with Gasteiger partial charge in [-0.15, -0.1) is 0 Å². The van der Waals surface area contributed by atoms with E-state index < -0.39 is 0 Å². The van der Waals surface area contributed by atoms with E-state index in [1.54, 1.807) is 13.4 Å². The number of benzene rings is 1. The predicted molar refractivity (Wildman–Crippen MR) is 110 cm³/mol. The maximum Gasteiger partial charge on any atom is 0.195 e. The zero-order valence-electron chi connectivity index (χ0n) is 16.8. The summed E-state index contributed by atoms with van der Waals surface area (Å²) < 4.78 is 13.6. The van der Waals surface area contributed by atoms with Crippen molar-refractivity contribution in [1.29, 1.82) is 0 Å². The third-order valence-electron chi connectivity index (χ3n) is 4.75. The summed E-state index contributed by atoms with van der Waals surface area (Å²) in [7, 11) is 1.68. The molecule has 0 unspecified atom stereocenters. The topological polar surface area (TPSA) is 65.1 Å².